The Morgan fingerprint density at radius 1 is 1.17 bits per heavy atom. The van der Waals surface area contributed by atoms with Crippen molar-refractivity contribution in [1.82, 2.24) is 4.90 Å². The van der Waals surface area contributed by atoms with Crippen LogP contribution in [0.2, 0.25) is 0 Å². The minimum atomic E-state index is -1.04. The van der Waals surface area contributed by atoms with Crippen LogP contribution in [-0.4, -0.2) is 47.4 Å². The number of rotatable bonds is 7. The van der Waals surface area contributed by atoms with Crippen LogP contribution in [0.5, 0.6) is 5.75 Å². The molecular formula is C25H27N3O7S. The number of allylic oxidation sites excluding steroid dienone is 1. The molecule has 0 fully saturated rings. The summed E-state index contributed by atoms with van der Waals surface area (Å²) in [5, 5.41) is 11.8. The van der Waals surface area contributed by atoms with E-state index in [9.17, 15) is 19.7 Å². The molecule has 1 aliphatic rings. The van der Waals surface area contributed by atoms with E-state index in [-0.39, 0.29) is 16.4 Å². The van der Waals surface area contributed by atoms with Crippen molar-refractivity contribution in [2.45, 2.75) is 38.7 Å². The average molecular weight is 514 g/mol. The first-order chi connectivity index (χ1) is 17.2. The summed E-state index contributed by atoms with van der Waals surface area (Å²) in [5.74, 6) is 0.471. The maximum absolute atomic E-state index is 13.4. The quantitative estimate of drug-likeness (QED) is 0.280. The van der Waals surface area contributed by atoms with E-state index >= 15 is 0 Å². The number of nitrogens with zero attached hydrogens (tertiary/aromatic N) is 3. The fourth-order valence-electron chi connectivity index (χ4n) is 3.60. The van der Waals surface area contributed by atoms with Crippen LogP contribution in [-0.2, 0) is 20.0 Å². The van der Waals surface area contributed by atoms with E-state index < -0.39 is 29.1 Å². The average Bonchev–Trinajstić information content (AvgIpc) is 2.86. The molecule has 2 aromatic rings. The molecule has 1 unspecified atom stereocenters. The van der Waals surface area contributed by atoms with Crippen LogP contribution in [0.4, 0.5) is 10.5 Å². The first-order valence-corrected chi connectivity index (χ1v) is 12.0. The predicted molar refractivity (Wildman–Crippen MR) is 136 cm³/mol. The number of benzene rings is 2. The van der Waals surface area contributed by atoms with Gasteiger partial charge in [-0.3, -0.25) is 10.1 Å². The third-order valence-electron chi connectivity index (χ3n) is 5.25. The van der Waals surface area contributed by atoms with E-state index in [1.54, 1.807) is 33.9 Å². The Morgan fingerprint density at radius 2 is 1.86 bits per heavy atom. The molecule has 0 radical (unpaired) electrons. The largest absolute Gasteiger partial charge is 0.497 e. The first-order valence-electron chi connectivity index (χ1n) is 11.0. The molecule has 2 aromatic carbocycles. The lowest BCUT2D eigenvalue weighted by Crippen LogP contribution is -2.44. The van der Waals surface area contributed by atoms with Crippen molar-refractivity contribution in [2.24, 2.45) is 4.99 Å². The predicted octanol–water partition coefficient (Wildman–Crippen LogP) is 5.24. The van der Waals surface area contributed by atoms with Gasteiger partial charge in [0, 0.05) is 17.9 Å². The molecule has 190 valence electrons. The van der Waals surface area contributed by atoms with Crippen molar-refractivity contribution in [3.8, 4) is 5.75 Å². The number of hydrogen-bond donors (Lipinski definition) is 0. The van der Waals surface area contributed by atoms with Crippen molar-refractivity contribution >= 4 is 34.7 Å². The number of methoxy groups -OCH3 is 2. The maximum Gasteiger partial charge on any atom is 0.417 e. The standard InChI is InChI=1S/C25H27N3O7S/c1-15(2)35-25(30)27-22(18-7-6-8-19(13-18)28(31)32)21(23(29)34-5)16(3)26-24(27)36-14-17-9-11-20(33-4)12-10-17/h6-13,15,22H,14H2,1-5H3. The van der Waals surface area contributed by atoms with Gasteiger partial charge in [-0.15, -0.1) is 0 Å². The number of nitro groups is 1. The van der Waals surface area contributed by atoms with Crippen molar-refractivity contribution in [3.63, 3.8) is 0 Å². The lowest BCUT2D eigenvalue weighted by atomic mass is 9.94. The number of ether oxygens (including phenoxy) is 3. The number of nitro benzene ring substituents is 1. The van der Waals surface area contributed by atoms with Gasteiger partial charge in [-0.05, 0) is 44.0 Å². The number of hydrogen-bond acceptors (Lipinski definition) is 9. The Hall–Kier alpha value is -3.86. The van der Waals surface area contributed by atoms with Gasteiger partial charge in [0.15, 0.2) is 5.17 Å². The molecule has 1 heterocycles. The molecular weight excluding hydrogens is 486 g/mol. The van der Waals surface area contributed by atoms with Gasteiger partial charge in [0.05, 0.1) is 36.5 Å². The van der Waals surface area contributed by atoms with Gasteiger partial charge in [0.2, 0.25) is 0 Å². The number of amides is 1. The molecule has 1 amide bonds. The zero-order valence-electron chi connectivity index (χ0n) is 20.6. The van der Waals surface area contributed by atoms with Crippen molar-refractivity contribution in [2.75, 3.05) is 14.2 Å². The third-order valence-corrected chi connectivity index (χ3v) is 6.28. The van der Waals surface area contributed by atoms with Gasteiger partial charge < -0.3 is 14.2 Å². The highest BCUT2D eigenvalue weighted by atomic mass is 32.2. The smallest absolute Gasteiger partial charge is 0.417 e. The topological polar surface area (TPSA) is 121 Å². The van der Waals surface area contributed by atoms with Crippen LogP contribution in [0.15, 0.2) is 64.8 Å². The van der Waals surface area contributed by atoms with E-state index in [4.69, 9.17) is 14.2 Å². The van der Waals surface area contributed by atoms with Crippen molar-refractivity contribution in [3.05, 3.63) is 81.0 Å². The molecule has 0 spiro atoms. The summed E-state index contributed by atoms with van der Waals surface area (Å²) < 4.78 is 15.7. The molecule has 0 N–H and O–H groups in total. The normalized spacial score (nSPS) is 15.4. The molecule has 3 rings (SSSR count). The number of non-ortho nitro benzene ring substituents is 1. The van der Waals surface area contributed by atoms with E-state index in [1.807, 2.05) is 24.3 Å². The number of thioether (sulfide) groups is 1. The van der Waals surface area contributed by atoms with E-state index in [0.717, 1.165) is 5.56 Å². The summed E-state index contributed by atoms with van der Waals surface area (Å²) in [5.41, 5.74) is 1.55. The Labute approximate surface area is 213 Å². The Bertz CT molecular complexity index is 1210. The van der Waals surface area contributed by atoms with Crippen LogP contribution >= 0.6 is 11.8 Å². The molecule has 0 bridgehead atoms. The molecule has 36 heavy (non-hydrogen) atoms. The van der Waals surface area contributed by atoms with Gasteiger partial charge in [0.25, 0.3) is 5.69 Å². The van der Waals surface area contributed by atoms with Gasteiger partial charge in [-0.1, -0.05) is 36.0 Å². The summed E-state index contributed by atoms with van der Waals surface area (Å²) in [6, 6.07) is 12.2. The first kappa shape index (κ1) is 26.7. The van der Waals surface area contributed by atoms with Gasteiger partial charge in [-0.2, -0.15) is 0 Å². The molecule has 0 aliphatic carbocycles. The Balaban J connectivity index is 2.11. The minimum Gasteiger partial charge on any atom is -0.497 e. The van der Waals surface area contributed by atoms with E-state index in [2.05, 4.69) is 4.99 Å². The van der Waals surface area contributed by atoms with Gasteiger partial charge in [0.1, 0.15) is 11.8 Å². The molecule has 1 atom stereocenters. The maximum atomic E-state index is 13.4. The molecule has 11 heteroatoms. The molecule has 0 aromatic heterocycles. The molecule has 1 aliphatic heterocycles. The SMILES string of the molecule is COC(=O)C1=C(C)N=C(SCc2ccc(OC)cc2)N(C(=O)OC(C)C)C1c1cccc([N+](=O)[O-])c1. The highest BCUT2D eigenvalue weighted by Crippen LogP contribution is 2.40. The fraction of sp³-hybridized carbons (Fsp3) is 0.320. The monoisotopic (exact) mass is 513 g/mol. The molecule has 0 saturated carbocycles. The number of carbonyl (C=O) groups excluding carboxylic acids is 2. The second-order valence-electron chi connectivity index (χ2n) is 8.08. The summed E-state index contributed by atoms with van der Waals surface area (Å²) >= 11 is 1.28. The Kier molecular flexibility index (Phi) is 8.70. The summed E-state index contributed by atoms with van der Waals surface area (Å²) in [6.07, 6.45) is -1.19. The minimum absolute atomic E-state index is 0.0903. The Morgan fingerprint density at radius 3 is 2.44 bits per heavy atom. The van der Waals surface area contributed by atoms with Crippen LogP contribution in [0.3, 0.4) is 0 Å². The summed E-state index contributed by atoms with van der Waals surface area (Å²) in [4.78, 5) is 42.9. The van der Waals surface area contributed by atoms with Crippen LogP contribution in [0.1, 0.15) is 37.9 Å². The van der Waals surface area contributed by atoms with Crippen LogP contribution in [0, 0.1) is 10.1 Å². The van der Waals surface area contributed by atoms with E-state index in [1.165, 1.54) is 42.0 Å². The lowest BCUT2D eigenvalue weighted by molar-refractivity contribution is -0.384. The van der Waals surface area contributed by atoms with Crippen LogP contribution < -0.4 is 4.74 Å². The lowest BCUT2D eigenvalue weighted by Gasteiger charge is -2.36. The summed E-state index contributed by atoms with van der Waals surface area (Å²) in [7, 11) is 2.81. The van der Waals surface area contributed by atoms with Gasteiger partial charge in [-0.25, -0.2) is 19.5 Å². The third kappa shape index (κ3) is 6.03. The highest BCUT2D eigenvalue weighted by Gasteiger charge is 2.41. The zero-order chi connectivity index (χ0) is 26.4. The fourth-order valence-corrected chi connectivity index (χ4v) is 4.61. The van der Waals surface area contributed by atoms with E-state index in [0.29, 0.717) is 22.8 Å². The number of aliphatic imine (C=N–C) groups is 1. The van der Waals surface area contributed by atoms with Gasteiger partial charge >= 0.3 is 12.1 Å². The second kappa shape index (κ2) is 11.7. The highest BCUT2D eigenvalue weighted by molar-refractivity contribution is 8.13. The van der Waals surface area contributed by atoms with Crippen LogP contribution in [0.25, 0.3) is 0 Å². The second-order valence-corrected chi connectivity index (χ2v) is 9.02. The van der Waals surface area contributed by atoms with Crippen molar-refractivity contribution in [1.29, 1.82) is 0 Å². The number of amidine groups is 1. The summed E-state index contributed by atoms with van der Waals surface area (Å²) in [6.45, 7) is 5.04. The zero-order valence-corrected chi connectivity index (χ0v) is 21.4. The molecule has 10 nitrogen and oxygen atoms in total. The van der Waals surface area contributed by atoms with Crippen molar-refractivity contribution < 1.29 is 28.7 Å². The number of esters is 1. The molecule has 0 saturated heterocycles. The number of carbonyl (C=O) groups is 2.